The molecule has 2 N–H and O–H groups in total. The molecule has 0 saturated carbocycles. The Labute approximate surface area is 184 Å². The highest BCUT2D eigenvalue weighted by Gasteiger charge is 2.23. The predicted octanol–water partition coefficient (Wildman–Crippen LogP) is 3.05. The lowest BCUT2D eigenvalue weighted by molar-refractivity contribution is -0.119. The highest BCUT2D eigenvalue weighted by molar-refractivity contribution is 7.18. The minimum Gasteiger partial charge on any atom is -0.379 e. The minimum atomic E-state index is -0.271. The van der Waals surface area contributed by atoms with E-state index in [4.69, 9.17) is 4.74 Å². The van der Waals surface area contributed by atoms with Crippen LogP contribution >= 0.6 is 11.3 Å². The lowest BCUT2D eigenvalue weighted by Gasteiger charge is -2.35. The molecule has 0 spiro atoms. The zero-order valence-corrected chi connectivity index (χ0v) is 18.5. The maximum atomic E-state index is 13.4. The van der Waals surface area contributed by atoms with Crippen LogP contribution in [-0.2, 0) is 9.53 Å². The summed E-state index contributed by atoms with van der Waals surface area (Å²) in [5.41, 5.74) is 2.10. The van der Waals surface area contributed by atoms with Gasteiger partial charge in [-0.15, -0.1) is 11.3 Å². The van der Waals surface area contributed by atoms with E-state index in [-0.39, 0.29) is 24.3 Å². The van der Waals surface area contributed by atoms with Gasteiger partial charge in [-0.2, -0.15) is 0 Å². The molecule has 1 aliphatic heterocycles. The highest BCUT2D eigenvalue weighted by Crippen LogP contribution is 2.32. The van der Waals surface area contributed by atoms with Crippen molar-refractivity contribution in [1.82, 2.24) is 20.2 Å². The van der Waals surface area contributed by atoms with Gasteiger partial charge in [0.05, 0.1) is 31.2 Å². The molecule has 31 heavy (non-hydrogen) atoms. The van der Waals surface area contributed by atoms with Gasteiger partial charge in [0.15, 0.2) is 0 Å². The van der Waals surface area contributed by atoms with Crippen LogP contribution < -0.4 is 10.6 Å². The monoisotopic (exact) mass is 443 g/mol. The topological polar surface area (TPSA) is 79.4 Å². The lowest BCUT2D eigenvalue weighted by Crippen LogP contribution is -2.44. The number of aromatic nitrogens is 2. The number of hydrogen-bond donors (Lipinski definition) is 2. The van der Waals surface area contributed by atoms with Crippen molar-refractivity contribution in [2.75, 3.05) is 44.7 Å². The number of hydrogen-bond acceptors (Lipinski definition) is 7. The number of fused-ring (bicyclic) bond motifs is 1. The predicted molar refractivity (Wildman–Crippen MR) is 120 cm³/mol. The number of anilines is 1. The zero-order chi connectivity index (χ0) is 21.8. The Hall–Kier alpha value is -2.62. The van der Waals surface area contributed by atoms with Crippen LogP contribution in [0, 0.1) is 19.7 Å². The fourth-order valence-electron chi connectivity index (χ4n) is 3.79. The summed E-state index contributed by atoms with van der Waals surface area (Å²) < 4.78 is 18.8. The lowest BCUT2D eigenvalue weighted by atomic mass is 10.0. The van der Waals surface area contributed by atoms with Gasteiger partial charge < -0.3 is 15.4 Å². The number of nitrogens with zero attached hydrogens (tertiary/aromatic N) is 3. The van der Waals surface area contributed by atoms with E-state index in [1.807, 2.05) is 6.92 Å². The van der Waals surface area contributed by atoms with Crippen molar-refractivity contribution in [1.29, 1.82) is 0 Å². The quantitative estimate of drug-likeness (QED) is 0.584. The van der Waals surface area contributed by atoms with Gasteiger partial charge in [0, 0.05) is 24.5 Å². The zero-order valence-electron chi connectivity index (χ0n) is 17.7. The molecule has 9 heteroatoms. The van der Waals surface area contributed by atoms with E-state index in [0.717, 1.165) is 34.4 Å². The number of halogens is 1. The Morgan fingerprint density at radius 3 is 2.71 bits per heavy atom. The van der Waals surface area contributed by atoms with Gasteiger partial charge in [-0.1, -0.05) is 12.1 Å². The Morgan fingerprint density at radius 1 is 1.23 bits per heavy atom. The van der Waals surface area contributed by atoms with E-state index in [0.29, 0.717) is 25.6 Å². The van der Waals surface area contributed by atoms with Crippen molar-refractivity contribution in [3.8, 4) is 0 Å². The summed E-state index contributed by atoms with van der Waals surface area (Å²) in [4.78, 5) is 25.6. The summed E-state index contributed by atoms with van der Waals surface area (Å²) >= 11 is 1.62. The van der Waals surface area contributed by atoms with Gasteiger partial charge in [0.25, 0.3) is 0 Å². The number of amides is 1. The first-order valence-electron chi connectivity index (χ1n) is 10.3. The van der Waals surface area contributed by atoms with Crippen LogP contribution in [0.2, 0.25) is 0 Å². The molecule has 1 amide bonds. The Kier molecular flexibility index (Phi) is 6.74. The Balaban J connectivity index is 1.40. The molecule has 7 nitrogen and oxygen atoms in total. The number of carbonyl (C=O) groups is 1. The molecule has 1 saturated heterocycles. The van der Waals surface area contributed by atoms with Crippen molar-refractivity contribution >= 4 is 33.3 Å². The van der Waals surface area contributed by atoms with Crippen molar-refractivity contribution in [3.05, 3.63) is 52.4 Å². The molecule has 1 aliphatic rings. The fraction of sp³-hybridized carbons (Fsp3) is 0.409. The number of rotatable bonds is 7. The summed E-state index contributed by atoms with van der Waals surface area (Å²) in [5.74, 6) is 0.273. The van der Waals surface area contributed by atoms with E-state index in [2.05, 4.69) is 32.4 Å². The van der Waals surface area contributed by atoms with E-state index in [1.165, 1.54) is 23.3 Å². The van der Waals surface area contributed by atoms with Crippen LogP contribution in [0.25, 0.3) is 10.2 Å². The maximum absolute atomic E-state index is 13.4. The van der Waals surface area contributed by atoms with E-state index >= 15 is 0 Å². The highest BCUT2D eigenvalue weighted by atomic mass is 32.1. The SMILES string of the molecule is Cc1sc2ncnc(NCC(=O)NCC(c3ccc(F)cc3)N3CCOCC3)c2c1C. The molecule has 3 heterocycles. The summed E-state index contributed by atoms with van der Waals surface area (Å²) in [6.45, 7) is 7.48. The van der Waals surface area contributed by atoms with Crippen molar-refractivity contribution in [2.45, 2.75) is 19.9 Å². The molecule has 0 bridgehead atoms. The summed E-state index contributed by atoms with van der Waals surface area (Å²) in [6, 6.07) is 6.43. The van der Waals surface area contributed by atoms with Crippen LogP contribution in [-0.4, -0.2) is 60.2 Å². The second-order valence-electron chi connectivity index (χ2n) is 7.56. The first kappa shape index (κ1) is 21.6. The first-order valence-corrected chi connectivity index (χ1v) is 11.1. The molecule has 164 valence electrons. The number of morpholine rings is 1. The van der Waals surface area contributed by atoms with Gasteiger partial charge in [-0.3, -0.25) is 9.69 Å². The average molecular weight is 444 g/mol. The Morgan fingerprint density at radius 2 is 1.97 bits per heavy atom. The van der Waals surface area contributed by atoms with Crippen molar-refractivity contribution < 1.29 is 13.9 Å². The molecule has 1 atom stereocenters. The smallest absolute Gasteiger partial charge is 0.239 e. The largest absolute Gasteiger partial charge is 0.379 e. The van der Waals surface area contributed by atoms with Crippen LogP contribution in [0.4, 0.5) is 10.2 Å². The molecular formula is C22H26FN5O2S. The molecule has 1 fully saturated rings. The van der Waals surface area contributed by atoms with Crippen LogP contribution in [0.15, 0.2) is 30.6 Å². The molecule has 0 aliphatic carbocycles. The third-order valence-corrected chi connectivity index (χ3v) is 6.73. The van der Waals surface area contributed by atoms with Gasteiger partial charge in [-0.25, -0.2) is 14.4 Å². The second-order valence-corrected chi connectivity index (χ2v) is 8.76. The van der Waals surface area contributed by atoms with Crippen LogP contribution in [0.3, 0.4) is 0 Å². The van der Waals surface area contributed by atoms with Gasteiger partial charge in [-0.05, 0) is 37.1 Å². The summed E-state index contributed by atoms with van der Waals surface area (Å²) in [7, 11) is 0. The molecule has 3 aromatic rings. The molecule has 1 aromatic carbocycles. The number of nitrogens with one attached hydrogen (secondary N) is 2. The van der Waals surface area contributed by atoms with Gasteiger partial charge in [0.2, 0.25) is 5.91 Å². The fourth-order valence-corrected chi connectivity index (χ4v) is 4.78. The molecule has 0 radical (unpaired) electrons. The second kappa shape index (κ2) is 9.67. The summed E-state index contributed by atoms with van der Waals surface area (Å²) in [6.07, 6.45) is 1.51. The Bertz CT molecular complexity index is 1050. The van der Waals surface area contributed by atoms with E-state index in [9.17, 15) is 9.18 Å². The summed E-state index contributed by atoms with van der Waals surface area (Å²) in [5, 5.41) is 7.13. The normalized spacial score (nSPS) is 15.7. The average Bonchev–Trinajstić information content (AvgIpc) is 3.08. The van der Waals surface area contributed by atoms with Crippen molar-refractivity contribution in [2.24, 2.45) is 0 Å². The molecule has 4 rings (SSSR count). The minimum absolute atomic E-state index is 0.0408. The third-order valence-electron chi connectivity index (χ3n) is 5.62. The number of ether oxygens (including phenoxy) is 1. The number of aryl methyl sites for hydroxylation is 2. The van der Waals surface area contributed by atoms with Crippen LogP contribution in [0.5, 0.6) is 0 Å². The molecule has 2 aromatic heterocycles. The number of benzene rings is 1. The molecular weight excluding hydrogens is 417 g/mol. The van der Waals surface area contributed by atoms with Crippen molar-refractivity contribution in [3.63, 3.8) is 0 Å². The first-order chi connectivity index (χ1) is 15.0. The van der Waals surface area contributed by atoms with E-state index in [1.54, 1.807) is 23.5 Å². The van der Waals surface area contributed by atoms with Gasteiger partial charge >= 0.3 is 0 Å². The number of thiophene rings is 1. The molecule has 1 unspecified atom stereocenters. The maximum Gasteiger partial charge on any atom is 0.239 e. The number of carbonyl (C=O) groups excluding carboxylic acids is 1. The standard InChI is InChI=1S/C22H26FN5O2S/c1-14-15(2)31-22-20(14)21(26-13-27-22)25-12-19(29)24-11-18(28-7-9-30-10-8-28)16-3-5-17(23)6-4-16/h3-6,13,18H,7-12H2,1-2H3,(H,24,29)(H,25,26,27). The van der Waals surface area contributed by atoms with E-state index < -0.39 is 0 Å². The van der Waals surface area contributed by atoms with Gasteiger partial charge in [0.1, 0.15) is 22.8 Å². The third kappa shape index (κ3) is 5.00. The van der Waals surface area contributed by atoms with Crippen LogP contribution in [0.1, 0.15) is 22.0 Å².